The Morgan fingerprint density at radius 2 is 1.60 bits per heavy atom. The number of methoxy groups -OCH3 is 1. The largest absolute Gasteiger partial charge is 0.497 e. The van der Waals surface area contributed by atoms with E-state index in [4.69, 9.17) is 9.47 Å². The van der Waals surface area contributed by atoms with Crippen molar-refractivity contribution >= 4 is 17.4 Å². The molecule has 7 nitrogen and oxygen atoms in total. The van der Waals surface area contributed by atoms with Crippen molar-refractivity contribution in [1.29, 1.82) is 0 Å². The van der Waals surface area contributed by atoms with Crippen molar-refractivity contribution in [1.82, 2.24) is 0 Å². The second-order valence-corrected chi connectivity index (χ2v) is 8.02. The number of hydrogen-bond donors (Lipinski definition) is 2. The minimum Gasteiger partial charge on any atom is -0.497 e. The number of nitrogens with zero attached hydrogens (tertiary/aromatic N) is 1. The smallest absolute Gasteiger partial charge is 0.303 e. The van der Waals surface area contributed by atoms with Gasteiger partial charge in [-0.15, -0.1) is 0 Å². The number of hydrogen-bond acceptors (Lipinski definition) is 4. The lowest BCUT2D eigenvalue weighted by molar-refractivity contribution is -1.01. The van der Waals surface area contributed by atoms with Crippen LogP contribution < -0.4 is 24.2 Å². The number of aryl methyl sites for hydroxylation is 1. The Kier molecular flexibility index (Phi) is 6.01. The van der Waals surface area contributed by atoms with Crippen molar-refractivity contribution in [2.45, 2.75) is 6.92 Å². The van der Waals surface area contributed by atoms with Gasteiger partial charge in [-0.25, -0.2) is 0 Å². The highest BCUT2D eigenvalue weighted by Crippen LogP contribution is 2.28. The first-order valence-corrected chi connectivity index (χ1v) is 10.5. The van der Waals surface area contributed by atoms with E-state index in [0.717, 1.165) is 55.5 Å². The fraction of sp³-hybridized carbons (Fsp3) is 0.391. The van der Waals surface area contributed by atoms with Crippen molar-refractivity contribution in [3.05, 3.63) is 53.6 Å². The molecule has 1 saturated heterocycles. The second kappa shape index (κ2) is 8.85. The number of ether oxygens (including phenoxy) is 2. The molecule has 2 aliphatic heterocycles. The van der Waals surface area contributed by atoms with Crippen LogP contribution in [-0.4, -0.2) is 64.8 Å². The van der Waals surface area contributed by atoms with Gasteiger partial charge < -0.3 is 19.3 Å². The molecule has 158 valence electrons. The molecule has 0 aliphatic carbocycles. The van der Waals surface area contributed by atoms with Crippen LogP contribution >= 0.6 is 0 Å². The van der Waals surface area contributed by atoms with Crippen LogP contribution in [0.2, 0.25) is 0 Å². The van der Waals surface area contributed by atoms with Gasteiger partial charge in [-0.2, -0.15) is 0 Å². The first kappa shape index (κ1) is 20.4. The van der Waals surface area contributed by atoms with Crippen LogP contribution in [0.15, 0.2) is 42.5 Å². The lowest BCUT2D eigenvalue weighted by atomic mass is 10.1. The summed E-state index contributed by atoms with van der Waals surface area (Å²) in [7, 11) is 1.65. The lowest BCUT2D eigenvalue weighted by Gasteiger charge is -2.31. The molecule has 2 aromatic rings. The number of carbonyl (C=O) groups is 2. The van der Waals surface area contributed by atoms with Gasteiger partial charge in [0.05, 0.1) is 18.4 Å². The van der Waals surface area contributed by atoms with E-state index in [0.29, 0.717) is 18.8 Å². The number of quaternary nitrogens is 2. The van der Waals surface area contributed by atoms with Gasteiger partial charge in [-0.1, -0.05) is 11.6 Å². The molecule has 0 saturated carbocycles. The highest BCUT2D eigenvalue weighted by molar-refractivity contribution is 6.52. The number of fused-ring (bicyclic) bond motifs is 1. The van der Waals surface area contributed by atoms with Crippen LogP contribution in [0.3, 0.4) is 0 Å². The van der Waals surface area contributed by atoms with E-state index in [1.54, 1.807) is 12.0 Å². The number of Topliss-reactive ketones (excluding diaryl/α,β-unsaturated/α-hetero) is 1. The van der Waals surface area contributed by atoms with Gasteiger partial charge in [0.15, 0.2) is 6.67 Å². The normalized spacial score (nSPS) is 20.9. The van der Waals surface area contributed by atoms with E-state index < -0.39 is 5.91 Å². The molecule has 7 heteroatoms. The van der Waals surface area contributed by atoms with Crippen molar-refractivity contribution in [2.24, 2.45) is 0 Å². The number of ketones is 1. The summed E-state index contributed by atoms with van der Waals surface area (Å²) in [4.78, 5) is 29.3. The molecule has 2 heterocycles. The van der Waals surface area contributed by atoms with Gasteiger partial charge in [-0.3, -0.25) is 14.5 Å². The van der Waals surface area contributed by atoms with Gasteiger partial charge in [0.25, 0.3) is 5.78 Å². The molecule has 2 aromatic carbocycles. The number of amides is 1. The van der Waals surface area contributed by atoms with Crippen LogP contribution in [-0.2, 0) is 4.79 Å². The summed E-state index contributed by atoms with van der Waals surface area (Å²) in [5.41, 5.74) is 2.29. The Balaban J connectivity index is 1.24. The first-order chi connectivity index (χ1) is 14.5. The van der Waals surface area contributed by atoms with Crippen molar-refractivity contribution < 1.29 is 28.9 Å². The number of benzene rings is 2. The molecule has 0 aromatic heterocycles. The monoisotopic (exact) mass is 411 g/mol. The summed E-state index contributed by atoms with van der Waals surface area (Å²) >= 11 is 0. The molecule has 0 bridgehead atoms. The van der Waals surface area contributed by atoms with Gasteiger partial charge >= 0.3 is 5.91 Å². The zero-order chi connectivity index (χ0) is 21.1. The summed E-state index contributed by atoms with van der Waals surface area (Å²) in [6, 6.07) is 13.3. The van der Waals surface area contributed by atoms with Gasteiger partial charge in [-0.05, 0) is 43.3 Å². The molecule has 2 aliphatic rings. The molecule has 2 N–H and O–H groups in total. The van der Waals surface area contributed by atoms with Crippen LogP contribution in [0, 0.1) is 6.92 Å². The molecule has 4 rings (SSSR count). The number of rotatable bonds is 7. The first-order valence-electron chi connectivity index (χ1n) is 10.5. The number of piperazine rings is 1. The van der Waals surface area contributed by atoms with Crippen molar-refractivity contribution in [3.63, 3.8) is 0 Å². The highest BCUT2D eigenvalue weighted by Gasteiger charge is 2.38. The van der Waals surface area contributed by atoms with Gasteiger partial charge in [0.2, 0.25) is 0 Å². The second-order valence-electron chi connectivity index (χ2n) is 8.02. The summed E-state index contributed by atoms with van der Waals surface area (Å²) in [5, 5.41) is 0. The minimum atomic E-state index is -0.397. The number of anilines is 1. The molecular weight excluding hydrogens is 382 g/mol. The third-order valence-corrected chi connectivity index (χ3v) is 5.96. The quantitative estimate of drug-likeness (QED) is 0.595. The molecule has 0 atom stereocenters. The Labute approximate surface area is 176 Å². The fourth-order valence-electron chi connectivity index (χ4n) is 4.15. The summed E-state index contributed by atoms with van der Waals surface area (Å²) in [5.74, 6) is 0.896. The van der Waals surface area contributed by atoms with Crippen molar-refractivity contribution in [3.8, 4) is 11.5 Å². The SMILES string of the molecule is COc1ccc(OCC[NH+]2CC[NH+](CN3C(=O)C(=O)c4cc(C)ccc43)CC2)cc1. The maximum atomic E-state index is 12.5. The average molecular weight is 412 g/mol. The predicted octanol–water partition coefficient (Wildman–Crippen LogP) is -0.647. The Bertz CT molecular complexity index is 921. The summed E-state index contributed by atoms with van der Waals surface area (Å²) in [6.45, 7) is 8.10. The molecule has 30 heavy (non-hydrogen) atoms. The minimum absolute atomic E-state index is 0.381. The standard InChI is InChI=1S/C23H27N3O4/c1-17-3-8-21-20(15-17)22(27)23(28)26(21)16-25-11-9-24(10-12-25)13-14-30-19-6-4-18(29-2)5-7-19/h3-8,15H,9-14,16H2,1-2H3/p+2. The van der Waals surface area contributed by atoms with E-state index in [-0.39, 0.29) is 5.78 Å². The van der Waals surface area contributed by atoms with E-state index >= 15 is 0 Å². The topological polar surface area (TPSA) is 64.7 Å². The van der Waals surface area contributed by atoms with Gasteiger partial charge in [0, 0.05) is 0 Å². The highest BCUT2D eigenvalue weighted by atomic mass is 16.5. The predicted molar refractivity (Wildman–Crippen MR) is 113 cm³/mol. The summed E-state index contributed by atoms with van der Waals surface area (Å²) in [6.07, 6.45) is 0. The molecular formula is C23H29N3O4+2. The van der Waals surface area contributed by atoms with E-state index in [1.807, 2.05) is 49.4 Å². The number of nitrogens with one attached hydrogen (secondary N) is 2. The van der Waals surface area contributed by atoms with Gasteiger partial charge in [0.1, 0.15) is 50.8 Å². The molecule has 0 unspecified atom stereocenters. The van der Waals surface area contributed by atoms with E-state index in [2.05, 4.69) is 0 Å². The average Bonchev–Trinajstić information content (AvgIpc) is 3.00. The third kappa shape index (κ3) is 4.32. The van der Waals surface area contributed by atoms with Crippen LogP contribution in [0.1, 0.15) is 15.9 Å². The summed E-state index contributed by atoms with van der Waals surface area (Å²) < 4.78 is 11.0. The molecule has 0 spiro atoms. The maximum Gasteiger partial charge on any atom is 0.303 e. The fourth-order valence-corrected chi connectivity index (χ4v) is 4.15. The van der Waals surface area contributed by atoms with Crippen molar-refractivity contribution in [2.75, 3.05) is 58.0 Å². The van der Waals surface area contributed by atoms with E-state index in [1.165, 1.54) is 9.80 Å². The molecule has 1 amide bonds. The number of carbonyl (C=O) groups excluding carboxylic acids is 2. The zero-order valence-corrected chi connectivity index (χ0v) is 17.6. The Morgan fingerprint density at radius 3 is 2.30 bits per heavy atom. The third-order valence-electron chi connectivity index (χ3n) is 5.96. The molecule has 0 radical (unpaired) electrons. The van der Waals surface area contributed by atoms with E-state index in [9.17, 15) is 9.59 Å². The van der Waals surface area contributed by atoms with Crippen LogP contribution in [0.5, 0.6) is 11.5 Å². The Morgan fingerprint density at radius 1 is 0.933 bits per heavy atom. The van der Waals surface area contributed by atoms with Crippen LogP contribution in [0.25, 0.3) is 0 Å². The van der Waals surface area contributed by atoms with Crippen LogP contribution in [0.4, 0.5) is 5.69 Å². The Hall–Kier alpha value is -2.90. The maximum absolute atomic E-state index is 12.5. The molecule has 1 fully saturated rings. The lowest BCUT2D eigenvalue weighted by Crippen LogP contribution is -3.28. The zero-order valence-electron chi connectivity index (χ0n) is 17.6.